The van der Waals surface area contributed by atoms with Crippen molar-refractivity contribution in [3.63, 3.8) is 0 Å². The molecule has 1 aromatic heterocycles. The molecule has 0 spiro atoms. The number of pyridine rings is 1. The Bertz CT molecular complexity index is 352. The number of aromatic nitrogens is 1. The molecule has 4 heteroatoms. The van der Waals surface area contributed by atoms with E-state index in [0.717, 1.165) is 36.1 Å². The van der Waals surface area contributed by atoms with Crippen molar-refractivity contribution in [2.24, 2.45) is 0 Å². The van der Waals surface area contributed by atoms with Gasteiger partial charge in [0.05, 0.1) is 12.2 Å². The molecule has 0 aliphatic heterocycles. The highest BCUT2D eigenvalue weighted by atomic mass is 32.1. The normalized spacial score (nSPS) is 9.94. The van der Waals surface area contributed by atoms with Crippen LogP contribution in [0.1, 0.15) is 25.2 Å². The lowest BCUT2D eigenvalue weighted by molar-refractivity contribution is 0.422. The van der Waals surface area contributed by atoms with Gasteiger partial charge in [-0.25, -0.2) is 0 Å². The fourth-order valence-corrected chi connectivity index (χ4v) is 1.81. The number of rotatable bonds is 4. The molecule has 0 aliphatic rings. The summed E-state index contributed by atoms with van der Waals surface area (Å²) in [5, 5.41) is 3.96. The van der Waals surface area contributed by atoms with E-state index in [4.69, 9.17) is 12.2 Å². The van der Waals surface area contributed by atoms with Crippen molar-refractivity contribution in [1.29, 1.82) is 0 Å². The molecular formula is C12H19N3S. The molecule has 0 amide bonds. The molecular weight excluding hydrogens is 218 g/mol. The van der Waals surface area contributed by atoms with Crippen molar-refractivity contribution in [1.82, 2.24) is 15.2 Å². The molecule has 0 aromatic carbocycles. The molecule has 0 saturated carbocycles. The first-order chi connectivity index (χ1) is 7.67. The SMILES string of the molecule is CCNC(=S)N(CC)Cc1cccc(C)n1. The van der Waals surface area contributed by atoms with Gasteiger partial charge >= 0.3 is 0 Å². The van der Waals surface area contributed by atoms with Gasteiger partial charge in [-0.1, -0.05) is 6.07 Å². The minimum Gasteiger partial charge on any atom is -0.363 e. The van der Waals surface area contributed by atoms with E-state index in [0.29, 0.717) is 0 Å². The van der Waals surface area contributed by atoms with Crippen LogP contribution in [0.3, 0.4) is 0 Å². The van der Waals surface area contributed by atoms with Crippen LogP contribution in [-0.4, -0.2) is 28.1 Å². The Morgan fingerprint density at radius 1 is 1.44 bits per heavy atom. The molecule has 0 unspecified atom stereocenters. The van der Waals surface area contributed by atoms with Gasteiger partial charge in [-0.2, -0.15) is 0 Å². The molecule has 0 bridgehead atoms. The largest absolute Gasteiger partial charge is 0.363 e. The molecule has 1 rings (SSSR count). The lowest BCUT2D eigenvalue weighted by atomic mass is 10.3. The monoisotopic (exact) mass is 237 g/mol. The fraction of sp³-hybridized carbons (Fsp3) is 0.500. The molecule has 3 nitrogen and oxygen atoms in total. The third-order valence-corrected chi connectivity index (χ3v) is 2.70. The van der Waals surface area contributed by atoms with Crippen LogP contribution in [0.25, 0.3) is 0 Å². The summed E-state index contributed by atoms with van der Waals surface area (Å²) in [7, 11) is 0. The standard InChI is InChI=1S/C12H19N3S/c1-4-13-12(16)15(5-2)9-11-8-6-7-10(3)14-11/h6-8H,4-5,9H2,1-3H3,(H,13,16). The summed E-state index contributed by atoms with van der Waals surface area (Å²) in [4.78, 5) is 6.59. The molecule has 0 radical (unpaired) electrons. The predicted octanol–water partition coefficient (Wildman–Crippen LogP) is 2.11. The third kappa shape index (κ3) is 3.77. The van der Waals surface area contributed by atoms with Crippen LogP contribution in [-0.2, 0) is 6.54 Å². The number of hydrogen-bond donors (Lipinski definition) is 1. The Morgan fingerprint density at radius 2 is 2.19 bits per heavy atom. The number of thiocarbonyl (C=S) groups is 1. The summed E-state index contributed by atoms with van der Waals surface area (Å²) in [6, 6.07) is 6.06. The van der Waals surface area contributed by atoms with Crippen molar-refractivity contribution >= 4 is 17.3 Å². The zero-order valence-electron chi connectivity index (χ0n) is 10.2. The van der Waals surface area contributed by atoms with Crippen molar-refractivity contribution in [2.45, 2.75) is 27.3 Å². The molecule has 1 aromatic rings. The smallest absolute Gasteiger partial charge is 0.169 e. The molecule has 16 heavy (non-hydrogen) atoms. The molecule has 0 saturated heterocycles. The lowest BCUT2D eigenvalue weighted by Crippen LogP contribution is -2.39. The fourth-order valence-electron chi connectivity index (χ4n) is 1.47. The van der Waals surface area contributed by atoms with Gasteiger partial charge in [0, 0.05) is 18.8 Å². The van der Waals surface area contributed by atoms with Crippen molar-refractivity contribution in [3.05, 3.63) is 29.6 Å². The van der Waals surface area contributed by atoms with Crippen LogP contribution < -0.4 is 5.32 Å². The Balaban J connectivity index is 2.66. The van der Waals surface area contributed by atoms with Gasteiger partial charge in [0.15, 0.2) is 5.11 Å². The molecule has 1 heterocycles. The van der Waals surface area contributed by atoms with Crippen LogP contribution in [0.4, 0.5) is 0 Å². The van der Waals surface area contributed by atoms with Crippen LogP contribution in [0.2, 0.25) is 0 Å². The van der Waals surface area contributed by atoms with Crippen LogP contribution >= 0.6 is 12.2 Å². The summed E-state index contributed by atoms with van der Waals surface area (Å²) in [5.74, 6) is 0. The summed E-state index contributed by atoms with van der Waals surface area (Å²) in [6.07, 6.45) is 0. The van der Waals surface area contributed by atoms with Gasteiger partial charge in [0.25, 0.3) is 0 Å². The average Bonchev–Trinajstić information content (AvgIpc) is 2.26. The quantitative estimate of drug-likeness (QED) is 0.812. The maximum atomic E-state index is 5.29. The summed E-state index contributed by atoms with van der Waals surface area (Å²) in [5.41, 5.74) is 2.10. The topological polar surface area (TPSA) is 28.2 Å². The first-order valence-corrected chi connectivity index (χ1v) is 6.03. The van der Waals surface area contributed by atoms with Crippen LogP contribution in [0.5, 0.6) is 0 Å². The van der Waals surface area contributed by atoms with Gasteiger partial charge in [0.2, 0.25) is 0 Å². The first kappa shape index (κ1) is 12.9. The first-order valence-electron chi connectivity index (χ1n) is 5.62. The zero-order chi connectivity index (χ0) is 12.0. The van der Waals surface area contributed by atoms with E-state index in [2.05, 4.69) is 22.1 Å². The zero-order valence-corrected chi connectivity index (χ0v) is 11.0. The molecule has 1 N–H and O–H groups in total. The maximum Gasteiger partial charge on any atom is 0.169 e. The van der Waals surface area contributed by atoms with E-state index in [9.17, 15) is 0 Å². The van der Waals surface area contributed by atoms with Crippen molar-refractivity contribution in [3.8, 4) is 0 Å². The maximum absolute atomic E-state index is 5.29. The van der Waals surface area contributed by atoms with Gasteiger partial charge in [0.1, 0.15) is 0 Å². The Kier molecular flexibility index (Phi) is 5.19. The number of nitrogens with zero attached hydrogens (tertiary/aromatic N) is 2. The number of nitrogens with one attached hydrogen (secondary N) is 1. The Morgan fingerprint density at radius 3 is 2.75 bits per heavy atom. The third-order valence-electron chi connectivity index (χ3n) is 2.30. The van der Waals surface area contributed by atoms with E-state index in [1.165, 1.54) is 0 Å². The minimum atomic E-state index is 0.768. The van der Waals surface area contributed by atoms with E-state index >= 15 is 0 Å². The van der Waals surface area contributed by atoms with Gasteiger partial charge < -0.3 is 10.2 Å². The highest BCUT2D eigenvalue weighted by Crippen LogP contribution is 2.03. The average molecular weight is 237 g/mol. The highest BCUT2D eigenvalue weighted by Gasteiger charge is 2.07. The Labute approximate surface area is 103 Å². The van der Waals surface area contributed by atoms with E-state index in [1.54, 1.807) is 0 Å². The number of aryl methyl sites for hydroxylation is 1. The van der Waals surface area contributed by atoms with E-state index in [1.807, 2.05) is 32.0 Å². The van der Waals surface area contributed by atoms with Crippen molar-refractivity contribution < 1.29 is 0 Å². The summed E-state index contributed by atoms with van der Waals surface area (Å²) >= 11 is 5.29. The second-order valence-corrected chi connectivity index (χ2v) is 4.01. The second-order valence-electron chi connectivity index (χ2n) is 3.62. The predicted molar refractivity (Wildman–Crippen MR) is 71.3 cm³/mol. The second kappa shape index (κ2) is 6.43. The molecule has 0 fully saturated rings. The van der Waals surface area contributed by atoms with Gasteiger partial charge in [-0.15, -0.1) is 0 Å². The van der Waals surface area contributed by atoms with Crippen LogP contribution in [0.15, 0.2) is 18.2 Å². The Hall–Kier alpha value is -1.16. The highest BCUT2D eigenvalue weighted by molar-refractivity contribution is 7.80. The van der Waals surface area contributed by atoms with E-state index < -0.39 is 0 Å². The molecule has 88 valence electrons. The van der Waals surface area contributed by atoms with Gasteiger partial charge in [-0.05, 0) is 45.1 Å². The number of hydrogen-bond acceptors (Lipinski definition) is 2. The molecule has 0 aliphatic carbocycles. The summed E-state index contributed by atoms with van der Waals surface area (Å²) < 4.78 is 0. The van der Waals surface area contributed by atoms with E-state index in [-0.39, 0.29) is 0 Å². The minimum absolute atomic E-state index is 0.768. The van der Waals surface area contributed by atoms with Crippen molar-refractivity contribution in [2.75, 3.05) is 13.1 Å². The van der Waals surface area contributed by atoms with Gasteiger partial charge in [-0.3, -0.25) is 4.98 Å². The summed E-state index contributed by atoms with van der Waals surface area (Å²) in [6.45, 7) is 8.66. The van der Waals surface area contributed by atoms with Crippen LogP contribution in [0, 0.1) is 6.92 Å². The molecule has 0 atom stereocenters. The lowest BCUT2D eigenvalue weighted by Gasteiger charge is -2.23.